The molecule has 0 saturated heterocycles. The molecule has 2 rings (SSSR count). The summed E-state index contributed by atoms with van der Waals surface area (Å²) in [6.07, 6.45) is 2.53. The summed E-state index contributed by atoms with van der Waals surface area (Å²) in [7, 11) is 1.66. The number of rotatable bonds is 4. The molecule has 0 aliphatic rings. The van der Waals surface area contributed by atoms with E-state index in [4.69, 9.17) is 10.5 Å². The maximum absolute atomic E-state index is 5.43. The molecule has 5 nitrogen and oxygen atoms in total. The zero-order valence-corrected chi connectivity index (χ0v) is 9.13. The third-order valence-corrected chi connectivity index (χ3v) is 2.34. The number of aromatic nitrogens is 3. The van der Waals surface area contributed by atoms with Gasteiger partial charge in [0.2, 0.25) is 5.95 Å². The predicted molar refractivity (Wildman–Crippen MR) is 61.1 cm³/mol. The molecular weight excluding hydrogens is 204 g/mol. The second kappa shape index (κ2) is 4.65. The number of hydrogen-bond donors (Lipinski definition) is 1. The number of hydrogen-bond acceptors (Lipinski definition) is 4. The molecule has 0 aliphatic carbocycles. The first-order chi connectivity index (χ1) is 7.78. The minimum absolute atomic E-state index is 0.315. The number of methoxy groups -OCH3 is 1. The van der Waals surface area contributed by atoms with Crippen molar-refractivity contribution in [1.82, 2.24) is 14.8 Å². The van der Waals surface area contributed by atoms with Crippen LogP contribution in [0.4, 0.5) is 5.95 Å². The maximum atomic E-state index is 5.43. The van der Waals surface area contributed by atoms with Crippen LogP contribution in [0.5, 0.6) is 5.75 Å². The quantitative estimate of drug-likeness (QED) is 0.834. The fourth-order valence-corrected chi connectivity index (χ4v) is 1.45. The van der Waals surface area contributed by atoms with Gasteiger partial charge < -0.3 is 10.5 Å². The minimum Gasteiger partial charge on any atom is -0.497 e. The highest BCUT2D eigenvalue weighted by Gasteiger charge is 1.98. The lowest BCUT2D eigenvalue weighted by atomic mass is 10.1. The number of nitrogens with zero attached hydrogens (tertiary/aromatic N) is 3. The van der Waals surface area contributed by atoms with Crippen molar-refractivity contribution in [1.29, 1.82) is 0 Å². The van der Waals surface area contributed by atoms with Gasteiger partial charge in [-0.25, -0.2) is 4.98 Å². The van der Waals surface area contributed by atoms with Gasteiger partial charge in [-0.3, -0.25) is 4.68 Å². The molecular formula is C11H14N4O. The van der Waals surface area contributed by atoms with Gasteiger partial charge in [0.25, 0.3) is 0 Å². The van der Waals surface area contributed by atoms with Crippen molar-refractivity contribution in [3.8, 4) is 5.75 Å². The van der Waals surface area contributed by atoms with E-state index in [1.807, 2.05) is 24.3 Å². The van der Waals surface area contributed by atoms with Crippen molar-refractivity contribution in [2.45, 2.75) is 13.0 Å². The lowest BCUT2D eigenvalue weighted by Gasteiger charge is -2.03. The number of nitrogens with two attached hydrogens (primary N) is 1. The van der Waals surface area contributed by atoms with E-state index >= 15 is 0 Å². The summed E-state index contributed by atoms with van der Waals surface area (Å²) in [5.41, 5.74) is 6.66. The number of benzene rings is 1. The number of nitrogen functional groups attached to an aromatic ring is 1. The van der Waals surface area contributed by atoms with Crippen LogP contribution in [0.1, 0.15) is 5.56 Å². The maximum Gasteiger partial charge on any atom is 0.239 e. The summed E-state index contributed by atoms with van der Waals surface area (Å²) >= 11 is 0. The fraction of sp³-hybridized carbons (Fsp3) is 0.273. The van der Waals surface area contributed by atoms with Gasteiger partial charge in [-0.15, -0.1) is 5.10 Å². The van der Waals surface area contributed by atoms with Gasteiger partial charge in [0.1, 0.15) is 12.1 Å². The Morgan fingerprint density at radius 3 is 2.62 bits per heavy atom. The van der Waals surface area contributed by atoms with Crippen molar-refractivity contribution < 1.29 is 4.74 Å². The number of ether oxygens (including phenoxy) is 1. The van der Waals surface area contributed by atoms with E-state index in [9.17, 15) is 0 Å². The van der Waals surface area contributed by atoms with Crippen molar-refractivity contribution in [3.63, 3.8) is 0 Å². The molecule has 0 aliphatic heterocycles. The standard InChI is InChI=1S/C11H14N4O/c1-16-10-4-2-9(3-5-10)6-7-15-8-13-11(12)14-15/h2-5,8H,6-7H2,1H3,(H2,12,14). The van der Waals surface area contributed by atoms with Gasteiger partial charge in [0.15, 0.2) is 0 Å². The Balaban J connectivity index is 1.94. The molecule has 1 aromatic carbocycles. The minimum atomic E-state index is 0.315. The molecule has 0 atom stereocenters. The second-order valence-corrected chi connectivity index (χ2v) is 3.46. The highest BCUT2D eigenvalue weighted by Crippen LogP contribution is 2.11. The fourth-order valence-electron chi connectivity index (χ4n) is 1.45. The van der Waals surface area contributed by atoms with Gasteiger partial charge in [-0.2, -0.15) is 0 Å². The van der Waals surface area contributed by atoms with E-state index in [0.717, 1.165) is 18.7 Å². The molecule has 0 fully saturated rings. The molecule has 0 saturated carbocycles. The lowest BCUT2D eigenvalue weighted by Crippen LogP contribution is -2.02. The van der Waals surface area contributed by atoms with Gasteiger partial charge >= 0.3 is 0 Å². The van der Waals surface area contributed by atoms with Gasteiger partial charge in [0, 0.05) is 6.54 Å². The van der Waals surface area contributed by atoms with Crippen LogP contribution < -0.4 is 10.5 Å². The number of anilines is 1. The first-order valence-electron chi connectivity index (χ1n) is 5.06. The molecule has 1 heterocycles. The van der Waals surface area contributed by atoms with Crippen LogP contribution in [-0.4, -0.2) is 21.9 Å². The zero-order chi connectivity index (χ0) is 11.4. The smallest absolute Gasteiger partial charge is 0.239 e. The largest absolute Gasteiger partial charge is 0.497 e. The van der Waals surface area contributed by atoms with E-state index in [1.54, 1.807) is 18.1 Å². The lowest BCUT2D eigenvalue weighted by molar-refractivity contribution is 0.414. The normalized spacial score (nSPS) is 10.3. The van der Waals surface area contributed by atoms with Crippen molar-refractivity contribution in [3.05, 3.63) is 36.2 Å². The van der Waals surface area contributed by atoms with Crippen LogP contribution in [0, 0.1) is 0 Å². The summed E-state index contributed by atoms with van der Waals surface area (Å²) in [4.78, 5) is 3.87. The monoisotopic (exact) mass is 218 g/mol. The third kappa shape index (κ3) is 2.50. The topological polar surface area (TPSA) is 66.0 Å². The average Bonchev–Trinajstić information content (AvgIpc) is 2.73. The Kier molecular flexibility index (Phi) is 3.05. The number of aryl methyl sites for hydroxylation is 2. The Morgan fingerprint density at radius 2 is 2.06 bits per heavy atom. The molecule has 0 spiro atoms. The van der Waals surface area contributed by atoms with Crippen LogP contribution in [-0.2, 0) is 13.0 Å². The van der Waals surface area contributed by atoms with Crippen LogP contribution in [0.2, 0.25) is 0 Å². The third-order valence-electron chi connectivity index (χ3n) is 2.34. The Hall–Kier alpha value is -2.04. The van der Waals surface area contributed by atoms with E-state index in [2.05, 4.69) is 10.1 Å². The highest BCUT2D eigenvalue weighted by molar-refractivity contribution is 5.27. The van der Waals surface area contributed by atoms with Crippen molar-refractivity contribution in [2.75, 3.05) is 12.8 Å². The Labute approximate surface area is 93.9 Å². The van der Waals surface area contributed by atoms with Crippen LogP contribution in [0.3, 0.4) is 0 Å². The van der Waals surface area contributed by atoms with Crippen molar-refractivity contribution >= 4 is 5.95 Å². The molecule has 0 bridgehead atoms. The molecule has 0 amide bonds. The molecule has 2 N–H and O–H groups in total. The molecule has 0 radical (unpaired) electrons. The first kappa shape index (κ1) is 10.5. The van der Waals surface area contributed by atoms with E-state index in [-0.39, 0.29) is 0 Å². The Morgan fingerprint density at radius 1 is 1.31 bits per heavy atom. The molecule has 5 heteroatoms. The molecule has 1 aromatic heterocycles. The van der Waals surface area contributed by atoms with E-state index in [0.29, 0.717) is 5.95 Å². The van der Waals surface area contributed by atoms with E-state index < -0.39 is 0 Å². The predicted octanol–water partition coefficient (Wildman–Crippen LogP) is 1.11. The molecule has 0 unspecified atom stereocenters. The highest BCUT2D eigenvalue weighted by atomic mass is 16.5. The zero-order valence-electron chi connectivity index (χ0n) is 9.13. The SMILES string of the molecule is COc1ccc(CCn2cnc(N)n2)cc1. The van der Waals surface area contributed by atoms with Crippen LogP contribution >= 0.6 is 0 Å². The summed E-state index contributed by atoms with van der Waals surface area (Å²) in [6.45, 7) is 0.774. The Bertz CT molecular complexity index is 449. The molecule has 2 aromatic rings. The van der Waals surface area contributed by atoms with Gasteiger partial charge in [-0.1, -0.05) is 12.1 Å². The van der Waals surface area contributed by atoms with Gasteiger partial charge in [-0.05, 0) is 24.1 Å². The summed E-state index contributed by atoms with van der Waals surface area (Å²) in [6, 6.07) is 7.98. The van der Waals surface area contributed by atoms with Crippen LogP contribution in [0.15, 0.2) is 30.6 Å². The van der Waals surface area contributed by atoms with E-state index in [1.165, 1.54) is 5.56 Å². The summed E-state index contributed by atoms with van der Waals surface area (Å²) in [5, 5.41) is 4.02. The second-order valence-electron chi connectivity index (χ2n) is 3.46. The van der Waals surface area contributed by atoms with Crippen molar-refractivity contribution in [2.24, 2.45) is 0 Å². The molecule has 84 valence electrons. The first-order valence-corrected chi connectivity index (χ1v) is 5.06. The van der Waals surface area contributed by atoms with Gasteiger partial charge in [0.05, 0.1) is 7.11 Å². The average molecular weight is 218 g/mol. The molecule has 16 heavy (non-hydrogen) atoms. The summed E-state index contributed by atoms with van der Waals surface area (Å²) < 4.78 is 6.83. The van der Waals surface area contributed by atoms with Crippen LogP contribution in [0.25, 0.3) is 0 Å². The summed E-state index contributed by atoms with van der Waals surface area (Å²) in [5.74, 6) is 1.18.